The molecule has 0 atom stereocenters. The van der Waals surface area contributed by atoms with Crippen LogP contribution in [0.15, 0.2) is 44.4 Å². The standard InChI is InChI=1S/C19H24N6O3/c1-12(2)9-14-21-15(28-23-14)11-24(3)16-17(20)25(19(27)22-18(16)26)10-13-7-5-4-6-8-13/h4-8,12H,9-11,20H2,1-3H3,(H,22,26,27). The molecule has 2 aromatic heterocycles. The van der Waals surface area contributed by atoms with E-state index in [0.717, 1.165) is 5.56 Å². The minimum atomic E-state index is -0.559. The Morgan fingerprint density at radius 1 is 1.25 bits per heavy atom. The van der Waals surface area contributed by atoms with Crippen LogP contribution in [0.2, 0.25) is 0 Å². The predicted octanol–water partition coefficient (Wildman–Crippen LogP) is 1.39. The third-order valence-corrected chi connectivity index (χ3v) is 4.25. The minimum absolute atomic E-state index is 0.0852. The normalized spacial score (nSPS) is 11.1. The fourth-order valence-corrected chi connectivity index (χ4v) is 2.95. The molecule has 0 aliphatic carbocycles. The molecule has 0 unspecified atom stereocenters. The molecular weight excluding hydrogens is 360 g/mol. The molecule has 0 aliphatic heterocycles. The Bertz CT molecular complexity index is 1050. The summed E-state index contributed by atoms with van der Waals surface area (Å²) in [7, 11) is 1.69. The molecule has 0 fully saturated rings. The molecule has 9 nitrogen and oxygen atoms in total. The monoisotopic (exact) mass is 384 g/mol. The second-order valence-electron chi connectivity index (χ2n) is 7.12. The van der Waals surface area contributed by atoms with Gasteiger partial charge in [0.05, 0.1) is 13.1 Å². The van der Waals surface area contributed by atoms with Crippen LogP contribution in [0.1, 0.15) is 31.1 Å². The Morgan fingerprint density at radius 3 is 2.64 bits per heavy atom. The van der Waals surface area contributed by atoms with Crippen molar-refractivity contribution in [1.29, 1.82) is 0 Å². The number of rotatable bonds is 7. The number of hydrogen-bond acceptors (Lipinski definition) is 7. The highest BCUT2D eigenvalue weighted by molar-refractivity contribution is 5.62. The Balaban J connectivity index is 1.88. The van der Waals surface area contributed by atoms with Crippen LogP contribution in [-0.2, 0) is 19.5 Å². The second-order valence-corrected chi connectivity index (χ2v) is 7.12. The highest BCUT2D eigenvalue weighted by Gasteiger charge is 2.19. The Kier molecular flexibility index (Phi) is 5.62. The average Bonchev–Trinajstić information content (AvgIpc) is 3.05. The molecule has 0 amide bonds. The number of nitrogens with two attached hydrogens (primary N) is 1. The number of anilines is 2. The number of nitrogen functional groups attached to an aromatic ring is 1. The third-order valence-electron chi connectivity index (χ3n) is 4.25. The van der Waals surface area contributed by atoms with Gasteiger partial charge in [0, 0.05) is 13.5 Å². The first-order chi connectivity index (χ1) is 13.3. The molecule has 0 aliphatic rings. The van der Waals surface area contributed by atoms with Gasteiger partial charge < -0.3 is 15.2 Å². The maximum Gasteiger partial charge on any atom is 0.330 e. The van der Waals surface area contributed by atoms with E-state index in [2.05, 4.69) is 29.0 Å². The maximum atomic E-state index is 12.4. The number of benzene rings is 1. The van der Waals surface area contributed by atoms with Gasteiger partial charge >= 0.3 is 5.69 Å². The van der Waals surface area contributed by atoms with E-state index in [1.807, 2.05) is 30.3 Å². The average molecular weight is 384 g/mol. The largest absolute Gasteiger partial charge is 0.383 e. The van der Waals surface area contributed by atoms with Gasteiger partial charge in [-0.2, -0.15) is 4.98 Å². The van der Waals surface area contributed by atoms with E-state index in [-0.39, 0.29) is 24.6 Å². The quantitative estimate of drug-likeness (QED) is 0.631. The SMILES string of the molecule is CC(C)Cc1noc(CN(C)c2c(N)n(Cc3ccccc3)c(=O)[nH]c2=O)n1. The smallest absolute Gasteiger partial charge is 0.330 e. The van der Waals surface area contributed by atoms with Crippen molar-refractivity contribution < 1.29 is 4.52 Å². The molecule has 0 bridgehead atoms. The summed E-state index contributed by atoms with van der Waals surface area (Å²) in [5, 5.41) is 3.95. The van der Waals surface area contributed by atoms with Crippen LogP contribution in [0.3, 0.4) is 0 Å². The van der Waals surface area contributed by atoms with Gasteiger partial charge in [-0.1, -0.05) is 49.3 Å². The molecule has 0 saturated heterocycles. The molecule has 3 N–H and O–H groups in total. The van der Waals surface area contributed by atoms with Crippen molar-refractivity contribution in [3.05, 3.63) is 68.4 Å². The molecule has 0 radical (unpaired) electrons. The van der Waals surface area contributed by atoms with Crippen LogP contribution in [0.25, 0.3) is 0 Å². The van der Waals surface area contributed by atoms with E-state index < -0.39 is 11.2 Å². The predicted molar refractivity (Wildman–Crippen MR) is 106 cm³/mol. The van der Waals surface area contributed by atoms with Crippen molar-refractivity contribution in [1.82, 2.24) is 19.7 Å². The van der Waals surface area contributed by atoms with Gasteiger partial charge in [-0.25, -0.2) is 4.79 Å². The summed E-state index contributed by atoms with van der Waals surface area (Å²) in [5.41, 5.74) is 6.15. The fourth-order valence-electron chi connectivity index (χ4n) is 2.95. The van der Waals surface area contributed by atoms with E-state index in [1.54, 1.807) is 11.9 Å². The lowest BCUT2D eigenvalue weighted by molar-refractivity contribution is 0.370. The van der Waals surface area contributed by atoms with Gasteiger partial charge in [0.1, 0.15) is 11.5 Å². The zero-order chi connectivity index (χ0) is 20.3. The molecular formula is C19H24N6O3. The lowest BCUT2D eigenvalue weighted by atomic mass is 10.1. The van der Waals surface area contributed by atoms with Crippen LogP contribution < -0.4 is 21.9 Å². The van der Waals surface area contributed by atoms with Crippen LogP contribution in [0, 0.1) is 5.92 Å². The first-order valence-electron chi connectivity index (χ1n) is 9.04. The molecule has 3 rings (SSSR count). The zero-order valence-electron chi connectivity index (χ0n) is 16.2. The van der Waals surface area contributed by atoms with E-state index in [4.69, 9.17) is 10.3 Å². The highest BCUT2D eigenvalue weighted by atomic mass is 16.5. The van der Waals surface area contributed by atoms with Crippen LogP contribution in [0.4, 0.5) is 11.5 Å². The van der Waals surface area contributed by atoms with Gasteiger partial charge in [0.25, 0.3) is 5.56 Å². The Hall–Kier alpha value is -3.36. The van der Waals surface area contributed by atoms with Gasteiger partial charge in [-0.15, -0.1) is 0 Å². The molecule has 0 spiro atoms. The summed E-state index contributed by atoms with van der Waals surface area (Å²) in [5.74, 6) is 1.48. The van der Waals surface area contributed by atoms with Crippen LogP contribution >= 0.6 is 0 Å². The third kappa shape index (κ3) is 4.30. The summed E-state index contributed by atoms with van der Waals surface area (Å²) >= 11 is 0. The molecule has 2 heterocycles. The first-order valence-corrected chi connectivity index (χ1v) is 9.04. The van der Waals surface area contributed by atoms with Crippen molar-refractivity contribution in [2.75, 3.05) is 17.7 Å². The van der Waals surface area contributed by atoms with Gasteiger partial charge in [0.2, 0.25) is 5.89 Å². The number of H-pyrrole nitrogens is 1. The van der Waals surface area contributed by atoms with Gasteiger partial charge in [0.15, 0.2) is 5.82 Å². The summed E-state index contributed by atoms with van der Waals surface area (Å²) in [6, 6.07) is 9.41. The van der Waals surface area contributed by atoms with E-state index in [0.29, 0.717) is 24.1 Å². The topological polar surface area (TPSA) is 123 Å². The summed E-state index contributed by atoms with van der Waals surface area (Å²) in [6.45, 7) is 4.58. The minimum Gasteiger partial charge on any atom is -0.383 e. The van der Waals surface area contributed by atoms with Crippen molar-refractivity contribution in [3.63, 3.8) is 0 Å². The molecule has 3 aromatic rings. The molecule has 1 aromatic carbocycles. The van der Waals surface area contributed by atoms with E-state index >= 15 is 0 Å². The summed E-state index contributed by atoms with van der Waals surface area (Å²) in [4.78, 5) is 32.9. The van der Waals surface area contributed by atoms with Crippen LogP contribution in [0.5, 0.6) is 0 Å². The first kappa shape index (κ1) is 19.4. The van der Waals surface area contributed by atoms with Crippen molar-refractivity contribution in [2.24, 2.45) is 5.92 Å². The number of aromatic nitrogens is 4. The highest BCUT2D eigenvalue weighted by Crippen LogP contribution is 2.18. The molecule has 9 heteroatoms. The maximum absolute atomic E-state index is 12.4. The van der Waals surface area contributed by atoms with Crippen LogP contribution in [-0.4, -0.2) is 26.7 Å². The zero-order valence-corrected chi connectivity index (χ0v) is 16.2. The number of nitrogens with zero attached hydrogens (tertiary/aromatic N) is 4. The molecule has 28 heavy (non-hydrogen) atoms. The fraction of sp³-hybridized carbons (Fsp3) is 0.368. The summed E-state index contributed by atoms with van der Waals surface area (Å²) < 4.78 is 6.60. The second kappa shape index (κ2) is 8.12. The summed E-state index contributed by atoms with van der Waals surface area (Å²) in [6.07, 6.45) is 0.706. The number of hydrogen-bond donors (Lipinski definition) is 2. The number of nitrogens with one attached hydrogen (secondary N) is 1. The van der Waals surface area contributed by atoms with E-state index in [9.17, 15) is 9.59 Å². The van der Waals surface area contributed by atoms with Gasteiger partial charge in [-0.05, 0) is 11.5 Å². The lowest BCUT2D eigenvalue weighted by Gasteiger charge is -2.20. The lowest BCUT2D eigenvalue weighted by Crippen LogP contribution is -2.37. The van der Waals surface area contributed by atoms with Gasteiger partial charge in [-0.3, -0.25) is 14.3 Å². The molecule has 0 saturated carbocycles. The van der Waals surface area contributed by atoms with Crippen molar-refractivity contribution >= 4 is 11.5 Å². The van der Waals surface area contributed by atoms with Crippen molar-refractivity contribution in [3.8, 4) is 0 Å². The number of aromatic amines is 1. The van der Waals surface area contributed by atoms with E-state index in [1.165, 1.54) is 4.57 Å². The molecule has 148 valence electrons. The Labute approximate surface area is 161 Å². The van der Waals surface area contributed by atoms with Crippen molar-refractivity contribution in [2.45, 2.75) is 33.4 Å². The Morgan fingerprint density at radius 2 is 1.96 bits per heavy atom.